The maximum Gasteiger partial charge on any atom is 0.263 e. The molecule has 3 rings (SSSR count). The minimum absolute atomic E-state index is 0.0803. The van der Waals surface area contributed by atoms with Crippen molar-refractivity contribution < 1.29 is 9.21 Å². The summed E-state index contributed by atoms with van der Waals surface area (Å²) in [6.07, 6.45) is 6.24. The van der Waals surface area contributed by atoms with Crippen molar-refractivity contribution in [3.63, 3.8) is 0 Å². The van der Waals surface area contributed by atoms with E-state index in [1.165, 1.54) is 5.56 Å². The SMILES string of the molecule is O=C(CCCCc1cccc(Cl)c1)c1ncc(-c2ccccn2)o1. The lowest BCUT2D eigenvalue weighted by Gasteiger charge is -2.01. The molecule has 0 spiro atoms. The molecule has 0 aliphatic heterocycles. The van der Waals surface area contributed by atoms with Crippen LogP contribution in [0.1, 0.15) is 35.5 Å². The van der Waals surface area contributed by atoms with Crippen LogP contribution in [0.15, 0.2) is 59.3 Å². The molecule has 0 N–H and O–H groups in total. The van der Waals surface area contributed by atoms with Gasteiger partial charge >= 0.3 is 0 Å². The predicted molar refractivity (Wildman–Crippen MR) is 93.1 cm³/mol. The van der Waals surface area contributed by atoms with Gasteiger partial charge in [0.15, 0.2) is 5.76 Å². The summed E-state index contributed by atoms with van der Waals surface area (Å²) in [5.41, 5.74) is 1.86. The second kappa shape index (κ2) is 7.88. The zero-order valence-electron chi connectivity index (χ0n) is 13.1. The standard InChI is InChI=1S/C19H17ClN2O2/c20-15-8-5-7-14(12-15)6-1-2-10-17(23)19-22-13-18(24-19)16-9-3-4-11-21-16/h3-5,7-9,11-13H,1-2,6,10H2. The topological polar surface area (TPSA) is 56.0 Å². The number of carbonyl (C=O) groups is 1. The number of hydrogen-bond donors (Lipinski definition) is 0. The molecule has 0 amide bonds. The van der Waals surface area contributed by atoms with Gasteiger partial charge in [-0.25, -0.2) is 4.98 Å². The van der Waals surface area contributed by atoms with E-state index in [1.54, 1.807) is 12.4 Å². The van der Waals surface area contributed by atoms with E-state index >= 15 is 0 Å². The van der Waals surface area contributed by atoms with E-state index in [-0.39, 0.29) is 11.7 Å². The smallest absolute Gasteiger partial charge is 0.263 e. The fourth-order valence-electron chi connectivity index (χ4n) is 2.44. The summed E-state index contributed by atoms with van der Waals surface area (Å²) in [4.78, 5) is 20.4. The highest BCUT2D eigenvalue weighted by molar-refractivity contribution is 6.30. The summed E-state index contributed by atoms with van der Waals surface area (Å²) >= 11 is 5.96. The lowest BCUT2D eigenvalue weighted by Crippen LogP contribution is -1.99. The molecule has 5 heteroatoms. The molecule has 0 aliphatic carbocycles. The molecular weight excluding hydrogens is 324 g/mol. The second-order valence-corrected chi connectivity index (χ2v) is 5.94. The van der Waals surface area contributed by atoms with Gasteiger partial charge in [0.25, 0.3) is 5.89 Å². The largest absolute Gasteiger partial charge is 0.432 e. The van der Waals surface area contributed by atoms with Crippen LogP contribution in [0.5, 0.6) is 0 Å². The Labute approximate surface area is 145 Å². The number of ketones is 1. The second-order valence-electron chi connectivity index (χ2n) is 5.50. The Morgan fingerprint density at radius 2 is 2.00 bits per heavy atom. The Morgan fingerprint density at radius 3 is 2.79 bits per heavy atom. The van der Waals surface area contributed by atoms with Crippen LogP contribution in [-0.2, 0) is 6.42 Å². The van der Waals surface area contributed by atoms with Gasteiger partial charge in [0.2, 0.25) is 5.78 Å². The van der Waals surface area contributed by atoms with Crippen molar-refractivity contribution >= 4 is 17.4 Å². The number of oxazole rings is 1. The van der Waals surface area contributed by atoms with Gasteiger partial charge in [0, 0.05) is 17.6 Å². The highest BCUT2D eigenvalue weighted by atomic mass is 35.5. The molecular formula is C19H17ClN2O2. The van der Waals surface area contributed by atoms with Crippen LogP contribution in [0, 0.1) is 0 Å². The van der Waals surface area contributed by atoms with E-state index in [4.69, 9.17) is 16.0 Å². The Morgan fingerprint density at radius 1 is 1.08 bits per heavy atom. The molecule has 1 aromatic carbocycles. The summed E-state index contributed by atoms with van der Waals surface area (Å²) in [6.45, 7) is 0. The van der Waals surface area contributed by atoms with E-state index in [2.05, 4.69) is 9.97 Å². The first-order chi connectivity index (χ1) is 11.7. The summed E-state index contributed by atoms with van der Waals surface area (Å²) in [5, 5.41) is 0.741. The maximum absolute atomic E-state index is 12.2. The first kappa shape index (κ1) is 16.4. The number of carbonyl (C=O) groups excluding carboxylic acids is 1. The van der Waals surface area contributed by atoms with Crippen molar-refractivity contribution in [1.29, 1.82) is 0 Å². The Balaban J connectivity index is 1.50. The van der Waals surface area contributed by atoms with Crippen molar-refractivity contribution in [2.75, 3.05) is 0 Å². The normalized spacial score (nSPS) is 10.7. The number of hydrogen-bond acceptors (Lipinski definition) is 4. The zero-order chi connectivity index (χ0) is 16.8. The van der Waals surface area contributed by atoms with Crippen molar-refractivity contribution in [3.05, 3.63) is 71.3 Å². The zero-order valence-corrected chi connectivity index (χ0v) is 13.9. The van der Waals surface area contributed by atoms with Gasteiger partial charge in [0.1, 0.15) is 5.69 Å². The molecule has 0 atom stereocenters. The van der Waals surface area contributed by atoms with Gasteiger partial charge < -0.3 is 4.42 Å². The highest BCUT2D eigenvalue weighted by Gasteiger charge is 2.14. The number of nitrogens with zero attached hydrogens (tertiary/aromatic N) is 2. The molecule has 0 saturated carbocycles. The van der Waals surface area contributed by atoms with E-state index in [0.717, 1.165) is 24.3 Å². The summed E-state index contributed by atoms with van der Waals surface area (Å²) in [7, 11) is 0. The van der Waals surface area contributed by atoms with Crippen LogP contribution in [0.4, 0.5) is 0 Å². The average molecular weight is 341 g/mol. The van der Waals surface area contributed by atoms with Gasteiger partial charge in [-0.3, -0.25) is 9.78 Å². The number of halogens is 1. The fourth-order valence-corrected chi connectivity index (χ4v) is 2.66. The number of benzene rings is 1. The molecule has 3 aromatic rings. The third kappa shape index (κ3) is 4.30. The minimum atomic E-state index is -0.0803. The molecule has 0 aliphatic rings. The predicted octanol–water partition coefficient (Wildman–Crippen LogP) is 4.99. The molecule has 24 heavy (non-hydrogen) atoms. The van der Waals surface area contributed by atoms with Crippen LogP contribution >= 0.6 is 11.6 Å². The van der Waals surface area contributed by atoms with E-state index < -0.39 is 0 Å². The molecule has 0 saturated heterocycles. The molecule has 4 nitrogen and oxygen atoms in total. The van der Waals surface area contributed by atoms with Gasteiger partial charge in [-0.1, -0.05) is 29.8 Å². The maximum atomic E-state index is 12.2. The van der Waals surface area contributed by atoms with Crippen LogP contribution in [-0.4, -0.2) is 15.8 Å². The fraction of sp³-hybridized carbons (Fsp3) is 0.211. The Hall–Kier alpha value is -2.46. The molecule has 122 valence electrons. The molecule has 0 bridgehead atoms. The number of unbranched alkanes of at least 4 members (excludes halogenated alkanes) is 1. The first-order valence-corrected chi connectivity index (χ1v) is 8.25. The summed E-state index contributed by atoms with van der Waals surface area (Å²) < 4.78 is 5.52. The van der Waals surface area contributed by atoms with Crippen LogP contribution < -0.4 is 0 Å². The van der Waals surface area contributed by atoms with Crippen LogP contribution in [0.2, 0.25) is 5.02 Å². The van der Waals surface area contributed by atoms with Gasteiger partial charge in [-0.2, -0.15) is 0 Å². The van der Waals surface area contributed by atoms with Gasteiger partial charge in [-0.05, 0) is 49.1 Å². The molecule has 0 unspecified atom stereocenters. The summed E-state index contributed by atoms with van der Waals surface area (Å²) in [5.74, 6) is 0.583. The van der Waals surface area contributed by atoms with Gasteiger partial charge in [0.05, 0.1) is 6.20 Å². The van der Waals surface area contributed by atoms with E-state index in [9.17, 15) is 4.79 Å². The Bertz CT molecular complexity index is 815. The number of pyridine rings is 1. The van der Waals surface area contributed by atoms with Gasteiger partial charge in [-0.15, -0.1) is 0 Å². The third-order valence-corrected chi connectivity index (χ3v) is 3.90. The van der Waals surface area contributed by atoms with Crippen molar-refractivity contribution in [2.45, 2.75) is 25.7 Å². The van der Waals surface area contributed by atoms with Crippen LogP contribution in [0.25, 0.3) is 11.5 Å². The average Bonchev–Trinajstić information content (AvgIpc) is 3.10. The number of aryl methyl sites for hydroxylation is 1. The lowest BCUT2D eigenvalue weighted by atomic mass is 10.1. The molecule has 0 fully saturated rings. The van der Waals surface area contributed by atoms with E-state index in [1.807, 2.05) is 42.5 Å². The molecule has 0 radical (unpaired) electrons. The number of aromatic nitrogens is 2. The van der Waals surface area contributed by atoms with Crippen molar-refractivity contribution in [1.82, 2.24) is 9.97 Å². The third-order valence-electron chi connectivity index (χ3n) is 3.67. The monoisotopic (exact) mass is 340 g/mol. The molecule has 2 heterocycles. The van der Waals surface area contributed by atoms with Crippen molar-refractivity contribution in [3.8, 4) is 11.5 Å². The lowest BCUT2D eigenvalue weighted by molar-refractivity contribution is 0.0946. The highest BCUT2D eigenvalue weighted by Crippen LogP contribution is 2.19. The quantitative estimate of drug-likeness (QED) is 0.449. The minimum Gasteiger partial charge on any atom is -0.432 e. The molecule has 2 aromatic heterocycles. The number of rotatable bonds is 7. The van der Waals surface area contributed by atoms with Crippen molar-refractivity contribution in [2.24, 2.45) is 0 Å². The first-order valence-electron chi connectivity index (χ1n) is 7.87. The van der Waals surface area contributed by atoms with E-state index in [0.29, 0.717) is 17.9 Å². The number of Topliss-reactive ketones (excluding diaryl/α,β-unsaturated/α-hetero) is 1. The summed E-state index contributed by atoms with van der Waals surface area (Å²) in [6, 6.07) is 13.3. The Kier molecular flexibility index (Phi) is 5.39. The van der Waals surface area contributed by atoms with Crippen LogP contribution in [0.3, 0.4) is 0 Å².